The fraction of sp³-hybridized carbons (Fsp3) is 0.308. The maximum atomic E-state index is 12.2. The van der Waals surface area contributed by atoms with Crippen LogP contribution in [0.3, 0.4) is 0 Å². The lowest BCUT2D eigenvalue weighted by Gasteiger charge is -2.22. The Kier molecular flexibility index (Phi) is 4.68. The van der Waals surface area contributed by atoms with Crippen molar-refractivity contribution in [3.63, 3.8) is 0 Å². The summed E-state index contributed by atoms with van der Waals surface area (Å²) in [6.07, 6.45) is 0.976. The number of ether oxygens (including phenoxy) is 2. The van der Waals surface area contributed by atoms with E-state index < -0.39 is 16.1 Å². The normalized spacial score (nSPS) is 17.4. The van der Waals surface area contributed by atoms with E-state index in [4.69, 9.17) is 44.3 Å². The molecule has 1 atom stereocenters. The largest absolute Gasteiger partial charge is 0.467 e. The molecule has 0 spiro atoms. The first-order chi connectivity index (χ1) is 9.42. The van der Waals surface area contributed by atoms with E-state index in [0.29, 0.717) is 17.9 Å². The molecule has 1 unspecified atom stereocenters. The van der Waals surface area contributed by atoms with Crippen LogP contribution >= 0.6 is 34.8 Å². The van der Waals surface area contributed by atoms with E-state index in [9.17, 15) is 4.79 Å². The van der Waals surface area contributed by atoms with Crippen LogP contribution in [0, 0.1) is 0 Å². The topological polar surface area (TPSA) is 38.8 Å². The third-order valence-electron chi connectivity index (χ3n) is 2.60. The number of hydrogen-bond donors (Lipinski definition) is 0. The molecule has 4 nitrogen and oxygen atoms in total. The first-order valence-corrected chi connectivity index (χ1v) is 6.95. The minimum absolute atomic E-state index is 0.337. The Morgan fingerprint density at radius 3 is 2.80 bits per heavy atom. The molecule has 0 aromatic heterocycles. The third-order valence-corrected chi connectivity index (χ3v) is 2.93. The van der Waals surface area contributed by atoms with Crippen molar-refractivity contribution in [1.82, 2.24) is 0 Å². The number of anilines is 1. The first kappa shape index (κ1) is 15.3. The van der Waals surface area contributed by atoms with Crippen molar-refractivity contribution in [2.75, 3.05) is 11.5 Å². The Hall–Kier alpha value is -1.10. The lowest BCUT2D eigenvalue weighted by molar-refractivity contribution is 0.140. The zero-order valence-electron chi connectivity index (χ0n) is 10.4. The molecule has 1 aliphatic heterocycles. The maximum Gasteiger partial charge on any atom is 0.417 e. The lowest BCUT2D eigenvalue weighted by atomic mass is 10.3. The van der Waals surface area contributed by atoms with Crippen molar-refractivity contribution in [3.05, 3.63) is 36.9 Å². The highest BCUT2D eigenvalue weighted by molar-refractivity contribution is 6.67. The molecule has 0 N–H and O–H groups in total. The van der Waals surface area contributed by atoms with Crippen molar-refractivity contribution >= 4 is 46.6 Å². The fourth-order valence-electron chi connectivity index (χ4n) is 1.84. The van der Waals surface area contributed by atoms with E-state index in [1.165, 1.54) is 4.90 Å². The third kappa shape index (κ3) is 3.51. The zero-order valence-corrected chi connectivity index (χ0v) is 12.7. The molecule has 0 bridgehead atoms. The van der Waals surface area contributed by atoms with Crippen LogP contribution in [0.5, 0.6) is 5.75 Å². The van der Waals surface area contributed by atoms with Gasteiger partial charge in [0.05, 0.1) is 5.69 Å². The fourth-order valence-corrected chi connectivity index (χ4v) is 2.00. The summed E-state index contributed by atoms with van der Waals surface area (Å²) in [7, 11) is 0. The SMILES string of the molecule is C=CCC1Oc2ccccc2N1C(=O)OCC(Cl)(Cl)Cl. The van der Waals surface area contributed by atoms with Crippen molar-refractivity contribution < 1.29 is 14.3 Å². The van der Waals surface area contributed by atoms with E-state index in [2.05, 4.69) is 6.58 Å². The molecule has 0 radical (unpaired) electrons. The molecule has 20 heavy (non-hydrogen) atoms. The van der Waals surface area contributed by atoms with Gasteiger partial charge in [-0.05, 0) is 12.1 Å². The van der Waals surface area contributed by atoms with Crippen molar-refractivity contribution in [2.45, 2.75) is 16.4 Å². The van der Waals surface area contributed by atoms with Gasteiger partial charge in [0, 0.05) is 6.42 Å². The minimum Gasteiger partial charge on any atom is -0.467 e. The predicted molar refractivity (Wildman–Crippen MR) is 79.8 cm³/mol. The van der Waals surface area contributed by atoms with Crippen molar-refractivity contribution in [2.24, 2.45) is 0 Å². The van der Waals surface area contributed by atoms with Crippen molar-refractivity contribution in [1.29, 1.82) is 0 Å². The van der Waals surface area contributed by atoms with Gasteiger partial charge in [-0.15, -0.1) is 6.58 Å². The number of rotatable bonds is 3. The number of fused-ring (bicyclic) bond motifs is 1. The van der Waals surface area contributed by atoms with Gasteiger partial charge in [-0.25, -0.2) is 9.69 Å². The number of carbonyl (C=O) groups excluding carboxylic acids is 1. The predicted octanol–water partition coefficient (Wildman–Crippen LogP) is 4.29. The Bertz CT molecular complexity index is 516. The molecule has 1 aromatic carbocycles. The minimum atomic E-state index is -1.65. The standard InChI is InChI=1S/C13H12Cl3NO3/c1-2-5-11-17(12(18)19-8-13(14,15)16)9-6-3-4-7-10(9)20-11/h2-4,6-7,11H,1,5,8H2. The number of hydrogen-bond acceptors (Lipinski definition) is 3. The number of carbonyl (C=O) groups is 1. The number of alkyl halides is 3. The molecule has 1 heterocycles. The summed E-state index contributed by atoms with van der Waals surface area (Å²) in [5.41, 5.74) is 0.619. The van der Waals surface area contributed by atoms with E-state index in [0.717, 1.165) is 0 Å². The summed E-state index contributed by atoms with van der Waals surface area (Å²) >= 11 is 16.7. The highest BCUT2D eigenvalue weighted by Crippen LogP contribution is 2.38. The molecule has 1 amide bonds. The van der Waals surface area contributed by atoms with E-state index >= 15 is 0 Å². The molecule has 108 valence electrons. The molecular weight excluding hydrogens is 325 g/mol. The summed E-state index contributed by atoms with van der Waals surface area (Å²) in [5, 5.41) is 0. The zero-order chi connectivity index (χ0) is 14.8. The van der Waals surface area contributed by atoms with Crippen molar-refractivity contribution in [3.8, 4) is 5.75 Å². The van der Waals surface area contributed by atoms with Crippen LogP contribution in [-0.4, -0.2) is 22.7 Å². The smallest absolute Gasteiger partial charge is 0.417 e. The van der Waals surface area contributed by atoms with Gasteiger partial charge in [0.15, 0.2) is 6.23 Å². The summed E-state index contributed by atoms with van der Waals surface area (Å²) < 4.78 is 9.02. The van der Waals surface area contributed by atoms with Gasteiger partial charge in [-0.3, -0.25) is 0 Å². The van der Waals surface area contributed by atoms with Gasteiger partial charge in [-0.1, -0.05) is 53.0 Å². The number of para-hydroxylation sites is 2. The highest BCUT2D eigenvalue weighted by atomic mass is 35.6. The maximum absolute atomic E-state index is 12.2. The Morgan fingerprint density at radius 1 is 1.45 bits per heavy atom. The molecule has 0 saturated heterocycles. The van der Waals surface area contributed by atoms with Crippen LogP contribution in [0.2, 0.25) is 0 Å². The number of halogens is 3. The van der Waals surface area contributed by atoms with Gasteiger partial charge in [0.2, 0.25) is 3.79 Å². The highest BCUT2D eigenvalue weighted by Gasteiger charge is 2.36. The van der Waals surface area contributed by atoms with E-state index in [-0.39, 0.29) is 6.61 Å². The average molecular weight is 337 g/mol. The number of benzene rings is 1. The average Bonchev–Trinajstić information content (AvgIpc) is 2.73. The van der Waals surface area contributed by atoms with Gasteiger partial charge >= 0.3 is 6.09 Å². The quantitative estimate of drug-likeness (QED) is 0.610. The summed E-state index contributed by atoms with van der Waals surface area (Å²) in [6, 6.07) is 7.15. The summed E-state index contributed by atoms with van der Waals surface area (Å²) in [5.74, 6) is 0.602. The Balaban J connectivity index is 2.17. The van der Waals surface area contributed by atoms with Crippen LogP contribution in [-0.2, 0) is 4.74 Å². The lowest BCUT2D eigenvalue weighted by Crippen LogP contribution is -2.40. The van der Waals surface area contributed by atoms with Crippen LogP contribution in [0.15, 0.2) is 36.9 Å². The van der Waals surface area contributed by atoms with Gasteiger partial charge in [-0.2, -0.15) is 0 Å². The summed E-state index contributed by atoms with van der Waals surface area (Å²) in [4.78, 5) is 13.5. The molecule has 1 aromatic rings. The molecule has 2 rings (SSSR count). The Morgan fingerprint density at radius 2 is 2.15 bits per heavy atom. The Labute approximate surface area is 131 Å². The van der Waals surface area contributed by atoms with Crippen LogP contribution in [0.4, 0.5) is 10.5 Å². The van der Waals surface area contributed by atoms with Gasteiger partial charge in [0.1, 0.15) is 12.4 Å². The first-order valence-electron chi connectivity index (χ1n) is 5.81. The van der Waals surface area contributed by atoms with E-state index in [1.807, 2.05) is 6.07 Å². The molecule has 0 fully saturated rings. The van der Waals surface area contributed by atoms with Crippen LogP contribution in [0.1, 0.15) is 6.42 Å². The number of nitrogens with zero attached hydrogens (tertiary/aromatic N) is 1. The van der Waals surface area contributed by atoms with Gasteiger partial charge in [0.25, 0.3) is 0 Å². The molecule has 1 aliphatic rings. The van der Waals surface area contributed by atoms with Crippen LogP contribution < -0.4 is 9.64 Å². The second-order valence-corrected chi connectivity index (χ2v) is 6.62. The van der Waals surface area contributed by atoms with Crippen LogP contribution in [0.25, 0.3) is 0 Å². The monoisotopic (exact) mass is 335 g/mol. The second kappa shape index (κ2) is 6.12. The van der Waals surface area contributed by atoms with E-state index in [1.54, 1.807) is 24.3 Å². The molecule has 0 saturated carbocycles. The summed E-state index contributed by atoms with van der Waals surface area (Å²) in [6.45, 7) is 3.31. The molecule has 7 heteroatoms. The second-order valence-electron chi connectivity index (χ2n) is 4.10. The molecular formula is C13H12Cl3NO3. The number of amides is 1. The molecule has 0 aliphatic carbocycles. The van der Waals surface area contributed by atoms with Gasteiger partial charge < -0.3 is 9.47 Å².